The Morgan fingerprint density at radius 2 is 2.17 bits per heavy atom. The fourth-order valence-electron chi connectivity index (χ4n) is 3.56. The lowest BCUT2D eigenvalue weighted by molar-refractivity contribution is -0.0796. The average molecular weight is 328 g/mol. The van der Waals surface area contributed by atoms with Gasteiger partial charge in [-0.15, -0.1) is 10.2 Å². The Morgan fingerprint density at radius 1 is 1.33 bits per heavy atom. The molecule has 1 amide bonds. The van der Waals surface area contributed by atoms with Crippen molar-refractivity contribution in [3.05, 3.63) is 35.3 Å². The summed E-state index contributed by atoms with van der Waals surface area (Å²) in [6.45, 7) is 2.39. The van der Waals surface area contributed by atoms with Crippen molar-refractivity contribution in [3.63, 3.8) is 0 Å². The molecule has 1 fully saturated rings. The van der Waals surface area contributed by atoms with E-state index in [-0.39, 0.29) is 11.5 Å². The fraction of sp³-hybridized carbons (Fsp3) is 0.500. The predicted octanol–water partition coefficient (Wildman–Crippen LogP) is 0.628. The van der Waals surface area contributed by atoms with Gasteiger partial charge in [-0.3, -0.25) is 9.89 Å². The summed E-state index contributed by atoms with van der Waals surface area (Å²) in [5.41, 5.74) is 2.47. The van der Waals surface area contributed by atoms with E-state index in [4.69, 9.17) is 4.74 Å². The molecule has 8 nitrogen and oxygen atoms in total. The van der Waals surface area contributed by atoms with Crippen LogP contribution in [0.25, 0.3) is 0 Å². The van der Waals surface area contributed by atoms with E-state index >= 15 is 0 Å². The zero-order valence-electron chi connectivity index (χ0n) is 13.6. The monoisotopic (exact) mass is 328 g/mol. The van der Waals surface area contributed by atoms with Crippen molar-refractivity contribution in [1.82, 2.24) is 25.7 Å². The SMILES string of the molecule is CNC(=O)c1ccc(N2CCC3(CC2)OCCc2cn[nH]c23)nn1. The van der Waals surface area contributed by atoms with Gasteiger partial charge >= 0.3 is 0 Å². The van der Waals surface area contributed by atoms with E-state index < -0.39 is 0 Å². The summed E-state index contributed by atoms with van der Waals surface area (Å²) in [7, 11) is 1.58. The minimum Gasteiger partial charge on any atom is -0.368 e. The predicted molar refractivity (Wildman–Crippen MR) is 86.8 cm³/mol. The number of hydrogen-bond acceptors (Lipinski definition) is 6. The number of H-pyrrole nitrogens is 1. The van der Waals surface area contributed by atoms with Gasteiger partial charge in [0.1, 0.15) is 5.60 Å². The third-order valence-corrected chi connectivity index (χ3v) is 4.93. The third-order valence-electron chi connectivity index (χ3n) is 4.93. The second-order valence-electron chi connectivity index (χ2n) is 6.21. The van der Waals surface area contributed by atoms with Crippen molar-refractivity contribution in [1.29, 1.82) is 0 Å². The smallest absolute Gasteiger partial charge is 0.271 e. The van der Waals surface area contributed by atoms with Gasteiger partial charge in [0.2, 0.25) is 0 Å². The Labute approximate surface area is 139 Å². The molecule has 126 valence electrons. The van der Waals surface area contributed by atoms with Crippen LogP contribution in [0.5, 0.6) is 0 Å². The Hall–Kier alpha value is -2.48. The van der Waals surface area contributed by atoms with E-state index in [0.717, 1.165) is 50.5 Å². The number of amides is 1. The number of aromatic amines is 1. The van der Waals surface area contributed by atoms with Crippen molar-refractivity contribution in [2.75, 3.05) is 31.6 Å². The van der Waals surface area contributed by atoms with E-state index in [1.165, 1.54) is 5.56 Å². The number of carbonyl (C=O) groups excluding carboxylic acids is 1. The molecule has 0 aromatic carbocycles. The molecular formula is C16H20N6O2. The van der Waals surface area contributed by atoms with Crippen molar-refractivity contribution >= 4 is 11.7 Å². The molecule has 24 heavy (non-hydrogen) atoms. The first kappa shape index (κ1) is 15.1. The lowest BCUT2D eigenvalue weighted by atomic mass is 9.84. The summed E-state index contributed by atoms with van der Waals surface area (Å²) < 4.78 is 6.15. The van der Waals surface area contributed by atoms with Crippen LogP contribution in [0.1, 0.15) is 34.6 Å². The molecular weight excluding hydrogens is 308 g/mol. The molecule has 0 radical (unpaired) electrons. The molecule has 2 aromatic rings. The van der Waals surface area contributed by atoms with Gasteiger partial charge in [0.15, 0.2) is 11.5 Å². The molecule has 0 saturated carbocycles. The molecule has 4 rings (SSSR count). The molecule has 2 aliphatic rings. The van der Waals surface area contributed by atoms with E-state index in [0.29, 0.717) is 5.69 Å². The van der Waals surface area contributed by atoms with Crippen LogP contribution >= 0.6 is 0 Å². The van der Waals surface area contributed by atoms with Crippen molar-refractivity contribution < 1.29 is 9.53 Å². The molecule has 4 heterocycles. The molecule has 8 heteroatoms. The van der Waals surface area contributed by atoms with Gasteiger partial charge in [-0.2, -0.15) is 5.10 Å². The topological polar surface area (TPSA) is 96.0 Å². The van der Waals surface area contributed by atoms with Gasteiger partial charge in [-0.1, -0.05) is 0 Å². The Balaban J connectivity index is 1.48. The second-order valence-corrected chi connectivity index (χ2v) is 6.21. The largest absolute Gasteiger partial charge is 0.368 e. The number of hydrogen-bond donors (Lipinski definition) is 2. The zero-order valence-corrected chi connectivity index (χ0v) is 13.6. The highest BCUT2D eigenvalue weighted by Gasteiger charge is 2.42. The van der Waals surface area contributed by atoms with Gasteiger partial charge in [0, 0.05) is 20.1 Å². The molecule has 0 unspecified atom stereocenters. The minimum atomic E-state index is -0.254. The number of fused-ring (bicyclic) bond motifs is 2. The molecule has 0 bridgehead atoms. The highest BCUT2D eigenvalue weighted by molar-refractivity contribution is 5.91. The van der Waals surface area contributed by atoms with Crippen molar-refractivity contribution in [2.24, 2.45) is 0 Å². The molecule has 2 aromatic heterocycles. The molecule has 0 aliphatic carbocycles. The highest BCUT2D eigenvalue weighted by Crippen LogP contribution is 2.40. The standard InChI is InChI=1S/C16H20N6O2/c1-17-15(23)12-2-3-13(20-19-12)22-7-5-16(6-8-22)14-11(4-9-24-16)10-18-21-14/h2-3,10H,4-9H2,1H3,(H,17,23)(H,18,21). The van der Waals surface area contributed by atoms with E-state index in [2.05, 4.69) is 30.6 Å². The third kappa shape index (κ3) is 2.43. The van der Waals surface area contributed by atoms with Gasteiger partial charge in [0.05, 0.1) is 18.5 Å². The Kier molecular flexibility index (Phi) is 3.68. The van der Waals surface area contributed by atoms with E-state index in [1.54, 1.807) is 13.1 Å². The zero-order chi connectivity index (χ0) is 16.6. The summed E-state index contributed by atoms with van der Waals surface area (Å²) in [6, 6.07) is 3.55. The van der Waals surface area contributed by atoms with Gasteiger partial charge < -0.3 is 15.0 Å². The number of nitrogens with one attached hydrogen (secondary N) is 2. The van der Waals surface area contributed by atoms with Crippen LogP contribution in [0.2, 0.25) is 0 Å². The first-order valence-electron chi connectivity index (χ1n) is 8.19. The van der Waals surface area contributed by atoms with Crippen molar-refractivity contribution in [3.8, 4) is 0 Å². The second kappa shape index (κ2) is 5.86. The molecule has 0 atom stereocenters. The summed E-state index contributed by atoms with van der Waals surface area (Å²) in [5.74, 6) is 0.562. The average Bonchev–Trinajstić information content (AvgIpc) is 3.12. The van der Waals surface area contributed by atoms with Crippen LogP contribution in [-0.4, -0.2) is 53.0 Å². The van der Waals surface area contributed by atoms with Gasteiger partial charge in [-0.25, -0.2) is 0 Å². The Morgan fingerprint density at radius 3 is 2.88 bits per heavy atom. The summed E-state index contributed by atoms with van der Waals surface area (Å²) in [5, 5.41) is 18.1. The lowest BCUT2D eigenvalue weighted by Gasteiger charge is -2.43. The first-order chi connectivity index (χ1) is 11.7. The number of anilines is 1. The fourth-order valence-corrected chi connectivity index (χ4v) is 3.56. The number of rotatable bonds is 2. The highest BCUT2D eigenvalue weighted by atomic mass is 16.5. The van der Waals surface area contributed by atoms with Crippen LogP contribution in [0.3, 0.4) is 0 Å². The maximum Gasteiger partial charge on any atom is 0.271 e. The minimum absolute atomic E-state index is 0.228. The quantitative estimate of drug-likeness (QED) is 0.839. The van der Waals surface area contributed by atoms with Crippen LogP contribution in [-0.2, 0) is 16.8 Å². The molecule has 2 aliphatic heterocycles. The van der Waals surface area contributed by atoms with Crippen LogP contribution in [0, 0.1) is 0 Å². The maximum atomic E-state index is 11.5. The van der Waals surface area contributed by atoms with Crippen LogP contribution < -0.4 is 10.2 Å². The lowest BCUT2D eigenvalue weighted by Crippen LogP contribution is -2.47. The van der Waals surface area contributed by atoms with E-state index in [9.17, 15) is 4.79 Å². The Bertz CT molecular complexity index is 733. The summed E-state index contributed by atoms with van der Waals surface area (Å²) in [4.78, 5) is 13.7. The summed E-state index contributed by atoms with van der Waals surface area (Å²) >= 11 is 0. The normalized spacial score (nSPS) is 19.1. The van der Waals surface area contributed by atoms with E-state index in [1.807, 2.05) is 12.3 Å². The molecule has 1 saturated heterocycles. The number of aromatic nitrogens is 4. The number of nitrogens with zero attached hydrogens (tertiary/aromatic N) is 4. The number of ether oxygens (including phenoxy) is 1. The van der Waals surface area contributed by atoms with Gasteiger partial charge in [0.25, 0.3) is 5.91 Å². The molecule has 2 N–H and O–H groups in total. The number of carbonyl (C=O) groups is 1. The van der Waals surface area contributed by atoms with Crippen LogP contribution in [0.15, 0.2) is 18.3 Å². The van der Waals surface area contributed by atoms with Crippen LogP contribution in [0.4, 0.5) is 5.82 Å². The van der Waals surface area contributed by atoms with Crippen molar-refractivity contribution in [2.45, 2.75) is 24.9 Å². The van der Waals surface area contributed by atoms with Gasteiger partial charge in [-0.05, 0) is 37.0 Å². The maximum absolute atomic E-state index is 11.5. The number of piperidine rings is 1. The first-order valence-corrected chi connectivity index (χ1v) is 8.19. The molecule has 1 spiro atoms. The summed E-state index contributed by atoms with van der Waals surface area (Å²) in [6.07, 6.45) is 4.58.